The molecule has 0 atom stereocenters. The molecule has 0 aliphatic heterocycles. The molecule has 29 heavy (non-hydrogen) atoms. The Morgan fingerprint density at radius 1 is 1.10 bits per heavy atom. The maximum atomic E-state index is 12.5. The minimum absolute atomic E-state index is 0.209. The van der Waals surface area contributed by atoms with Crippen molar-refractivity contribution in [1.82, 2.24) is 14.8 Å². The van der Waals surface area contributed by atoms with E-state index in [1.54, 1.807) is 18.2 Å². The summed E-state index contributed by atoms with van der Waals surface area (Å²) >= 11 is 5.89. The van der Waals surface area contributed by atoms with Crippen molar-refractivity contribution < 1.29 is 4.79 Å². The fraction of sp³-hybridized carbons (Fsp3) is 0.0909. The standard InChI is InChI=1S/C22H16ClN5O/c23-18-9-5-15(6-10-18)7-12-21(29)27-22-17(13-24)14-25-28(22)20-11-8-16-3-1-2-4-19(16)26-20/h1-6,8-11,14H,7,12H2,(H,27,29). The van der Waals surface area contributed by atoms with Crippen molar-refractivity contribution in [2.45, 2.75) is 12.8 Å². The van der Waals surface area contributed by atoms with E-state index in [0.29, 0.717) is 23.1 Å². The second kappa shape index (κ2) is 8.13. The van der Waals surface area contributed by atoms with Crippen molar-refractivity contribution in [3.8, 4) is 11.9 Å². The molecule has 0 bridgehead atoms. The fourth-order valence-corrected chi connectivity index (χ4v) is 3.13. The van der Waals surface area contributed by atoms with Gasteiger partial charge in [0.05, 0.1) is 11.7 Å². The monoisotopic (exact) mass is 401 g/mol. The fourth-order valence-electron chi connectivity index (χ4n) is 3.00. The van der Waals surface area contributed by atoms with E-state index in [1.165, 1.54) is 10.9 Å². The minimum atomic E-state index is -0.209. The Morgan fingerprint density at radius 3 is 2.69 bits per heavy atom. The number of carbonyl (C=O) groups excluding carboxylic acids is 1. The third kappa shape index (κ3) is 4.10. The molecule has 2 aromatic carbocycles. The van der Waals surface area contributed by atoms with E-state index in [1.807, 2.05) is 42.5 Å². The van der Waals surface area contributed by atoms with Crippen LogP contribution < -0.4 is 5.32 Å². The van der Waals surface area contributed by atoms with Crippen LogP contribution in [0.1, 0.15) is 17.5 Å². The van der Waals surface area contributed by atoms with Gasteiger partial charge in [-0.1, -0.05) is 41.9 Å². The number of amides is 1. The average molecular weight is 402 g/mol. The number of nitriles is 1. The minimum Gasteiger partial charge on any atom is -0.309 e. The molecule has 0 aliphatic carbocycles. The molecular formula is C22H16ClN5O. The van der Waals surface area contributed by atoms with Crippen molar-refractivity contribution in [3.05, 3.63) is 83.0 Å². The summed E-state index contributed by atoms with van der Waals surface area (Å²) in [5.41, 5.74) is 2.09. The molecule has 7 heteroatoms. The summed E-state index contributed by atoms with van der Waals surface area (Å²) in [4.78, 5) is 17.1. The van der Waals surface area contributed by atoms with Gasteiger partial charge in [-0.25, -0.2) is 4.98 Å². The molecule has 0 fully saturated rings. The zero-order valence-corrected chi connectivity index (χ0v) is 16.1. The van der Waals surface area contributed by atoms with Gasteiger partial charge in [0.2, 0.25) is 5.91 Å². The second-order valence-electron chi connectivity index (χ2n) is 6.47. The number of halogens is 1. The van der Waals surface area contributed by atoms with Gasteiger partial charge in [0.25, 0.3) is 0 Å². The molecule has 0 unspecified atom stereocenters. The van der Waals surface area contributed by atoms with Gasteiger partial charge in [0, 0.05) is 16.8 Å². The third-order valence-corrected chi connectivity index (χ3v) is 4.75. The smallest absolute Gasteiger partial charge is 0.225 e. The number of benzene rings is 2. The topological polar surface area (TPSA) is 83.6 Å². The van der Waals surface area contributed by atoms with E-state index < -0.39 is 0 Å². The first-order chi connectivity index (χ1) is 14.1. The number of nitrogens with one attached hydrogen (secondary N) is 1. The quantitative estimate of drug-likeness (QED) is 0.533. The largest absolute Gasteiger partial charge is 0.309 e. The lowest BCUT2D eigenvalue weighted by Gasteiger charge is -2.10. The van der Waals surface area contributed by atoms with Crippen LogP contribution in [-0.2, 0) is 11.2 Å². The summed E-state index contributed by atoms with van der Waals surface area (Å²) < 4.78 is 1.48. The average Bonchev–Trinajstić information content (AvgIpc) is 3.15. The van der Waals surface area contributed by atoms with Gasteiger partial charge >= 0.3 is 0 Å². The Kier molecular flexibility index (Phi) is 5.23. The number of carbonyl (C=O) groups is 1. The van der Waals surface area contributed by atoms with Gasteiger partial charge in [-0.15, -0.1) is 0 Å². The van der Waals surface area contributed by atoms with Crippen LogP contribution in [0.25, 0.3) is 16.7 Å². The number of anilines is 1. The number of hydrogen-bond donors (Lipinski definition) is 1. The lowest BCUT2D eigenvalue weighted by atomic mass is 10.1. The predicted molar refractivity (Wildman–Crippen MR) is 112 cm³/mol. The first-order valence-corrected chi connectivity index (χ1v) is 9.40. The first kappa shape index (κ1) is 18.7. The van der Waals surface area contributed by atoms with Crippen LogP contribution in [0, 0.1) is 11.3 Å². The normalized spacial score (nSPS) is 10.6. The molecule has 0 aliphatic rings. The third-order valence-electron chi connectivity index (χ3n) is 4.50. The predicted octanol–water partition coefficient (Wildman–Crippen LogP) is 4.52. The zero-order chi connectivity index (χ0) is 20.2. The zero-order valence-electron chi connectivity index (χ0n) is 15.3. The molecular weight excluding hydrogens is 386 g/mol. The lowest BCUT2D eigenvalue weighted by Crippen LogP contribution is -2.16. The molecule has 2 heterocycles. The van der Waals surface area contributed by atoms with Crippen molar-refractivity contribution in [3.63, 3.8) is 0 Å². The summed E-state index contributed by atoms with van der Waals surface area (Å²) in [5.74, 6) is 0.633. The van der Waals surface area contributed by atoms with E-state index in [4.69, 9.17) is 11.6 Å². The van der Waals surface area contributed by atoms with E-state index in [0.717, 1.165) is 16.5 Å². The van der Waals surface area contributed by atoms with Crippen LogP contribution in [0.4, 0.5) is 5.82 Å². The summed E-state index contributed by atoms with van der Waals surface area (Å²) in [6, 6.07) is 20.9. The van der Waals surface area contributed by atoms with Crippen molar-refractivity contribution in [1.29, 1.82) is 5.26 Å². The molecule has 4 rings (SSSR count). The number of para-hydroxylation sites is 1. The van der Waals surface area contributed by atoms with Gasteiger partial charge in [-0.2, -0.15) is 15.0 Å². The highest BCUT2D eigenvalue weighted by atomic mass is 35.5. The van der Waals surface area contributed by atoms with E-state index in [2.05, 4.69) is 21.5 Å². The first-order valence-electron chi connectivity index (χ1n) is 9.02. The Labute approximate surface area is 172 Å². The summed E-state index contributed by atoms with van der Waals surface area (Å²) in [7, 11) is 0. The van der Waals surface area contributed by atoms with Gasteiger partial charge in [-0.05, 0) is 42.3 Å². The van der Waals surface area contributed by atoms with Crippen LogP contribution in [0.15, 0.2) is 66.9 Å². The van der Waals surface area contributed by atoms with Crippen molar-refractivity contribution in [2.24, 2.45) is 0 Å². The highest BCUT2D eigenvalue weighted by molar-refractivity contribution is 6.30. The number of pyridine rings is 1. The summed E-state index contributed by atoms with van der Waals surface area (Å²) in [6.45, 7) is 0. The Bertz CT molecular complexity index is 1220. The maximum Gasteiger partial charge on any atom is 0.225 e. The molecule has 0 spiro atoms. The van der Waals surface area contributed by atoms with Gasteiger partial charge < -0.3 is 5.32 Å². The SMILES string of the molecule is N#Cc1cnn(-c2ccc3ccccc3n2)c1NC(=O)CCc1ccc(Cl)cc1. The van der Waals surface area contributed by atoms with Crippen molar-refractivity contribution >= 4 is 34.2 Å². The molecule has 1 amide bonds. The van der Waals surface area contributed by atoms with Crippen LogP contribution in [0.5, 0.6) is 0 Å². The number of hydrogen-bond acceptors (Lipinski definition) is 4. The number of fused-ring (bicyclic) bond motifs is 1. The van der Waals surface area contributed by atoms with E-state index in [-0.39, 0.29) is 17.9 Å². The number of aromatic nitrogens is 3. The number of aryl methyl sites for hydroxylation is 1. The number of nitrogens with zero attached hydrogens (tertiary/aromatic N) is 4. The second-order valence-corrected chi connectivity index (χ2v) is 6.90. The van der Waals surface area contributed by atoms with Crippen LogP contribution in [0.2, 0.25) is 5.02 Å². The van der Waals surface area contributed by atoms with Crippen LogP contribution in [0.3, 0.4) is 0 Å². The molecule has 0 saturated carbocycles. The molecule has 1 N–H and O–H groups in total. The molecule has 142 valence electrons. The number of rotatable bonds is 5. The molecule has 2 aromatic heterocycles. The van der Waals surface area contributed by atoms with Crippen molar-refractivity contribution in [2.75, 3.05) is 5.32 Å². The molecule has 0 radical (unpaired) electrons. The maximum absolute atomic E-state index is 12.5. The summed E-state index contributed by atoms with van der Waals surface area (Å²) in [5, 5.41) is 18.1. The lowest BCUT2D eigenvalue weighted by molar-refractivity contribution is -0.116. The molecule has 0 saturated heterocycles. The van der Waals surface area contributed by atoms with Crippen LogP contribution in [-0.4, -0.2) is 20.7 Å². The Balaban J connectivity index is 1.56. The molecule has 4 aromatic rings. The highest BCUT2D eigenvalue weighted by Gasteiger charge is 2.16. The Morgan fingerprint density at radius 2 is 1.90 bits per heavy atom. The van der Waals surface area contributed by atoms with Crippen LogP contribution >= 0.6 is 11.6 Å². The highest BCUT2D eigenvalue weighted by Crippen LogP contribution is 2.21. The van der Waals surface area contributed by atoms with Gasteiger partial charge in [-0.3, -0.25) is 4.79 Å². The van der Waals surface area contributed by atoms with E-state index >= 15 is 0 Å². The molecule has 6 nitrogen and oxygen atoms in total. The van der Waals surface area contributed by atoms with Gasteiger partial charge in [0.15, 0.2) is 11.6 Å². The summed E-state index contributed by atoms with van der Waals surface area (Å²) in [6.07, 6.45) is 2.25. The van der Waals surface area contributed by atoms with Gasteiger partial charge in [0.1, 0.15) is 11.6 Å². The van der Waals surface area contributed by atoms with E-state index in [9.17, 15) is 10.1 Å². The Hall–Kier alpha value is -3.69.